The second-order valence-electron chi connectivity index (χ2n) is 7.64. The third kappa shape index (κ3) is 2.07. The van der Waals surface area contributed by atoms with Crippen LogP contribution in [-0.2, 0) is 23.8 Å². The van der Waals surface area contributed by atoms with Crippen LogP contribution in [-0.4, -0.2) is 37.9 Å². The quantitative estimate of drug-likeness (QED) is 0.615. The summed E-state index contributed by atoms with van der Waals surface area (Å²) in [6.45, 7) is 1.88. The molecule has 0 unspecified atom stereocenters. The van der Waals surface area contributed by atoms with Gasteiger partial charge in [0.25, 0.3) is 0 Å². The van der Waals surface area contributed by atoms with E-state index in [1.165, 1.54) is 25.4 Å². The van der Waals surface area contributed by atoms with E-state index in [0.29, 0.717) is 6.42 Å². The summed E-state index contributed by atoms with van der Waals surface area (Å²) >= 11 is 0. The lowest BCUT2D eigenvalue weighted by atomic mass is 9.55. The molecule has 0 amide bonds. The number of benzene rings is 1. The van der Waals surface area contributed by atoms with Gasteiger partial charge in [0.15, 0.2) is 5.41 Å². The third-order valence-corrected chi connectivity index (χ3v) is 6.68. The minimum atomic E-state index is -1.37. The lowest BCUT2D eigenvalue weighted by Gasteiger charge is -2.45. The number of allylic oxidation sites excluding steroid dienone is 1. The maximum absolute atomic E-state index is 12.7. The van der Waals surface area contributed by atoms with Gasteiger partial charge in [-0.05, 0) is 36.8 Å². The van der Waals surface area contributed by atoms with Gasteiger partial charge in [-0.2, -0.15) is 0 Å². The van der Waals surface area contributed by atoms with Crippen LogP contribution in [0.3, 0.4) is 0 Å². The maximum atomic E-state index is 12.7. The predicted octanol–water partition coefficient (Wildman–Crippen LogP) is 2.99. The summed E-state index contributed by atoms with van der Waals surface area (Å²) in [4.78, 5) is 25.3. The lowest BCUT2D eigenvalue weighted by Crippen LogP contribution is -2.60. The number of carbonyl (C=O) groups excluding carboxylic acids is 2. The van der Waals surface area contributed by atoms with E-state index in [2.05, 4.69) is 18.2 Å². The highest BCUT2D eigenvalue weighted by Crippen LogP contribution is 2.64. The van der Waals surface area contributed by atoms with Crippen LogP contribution in [0.15, 0.2) is 36.4 Å². The lowest BCUT2D eigenvalue weighted by molar-refractivity contribution is -0.184. The van der Waals surface area contributed by atoms with Gasteiger partial charge in [0.1, 0.15) is 0 Å². The maximum Gasteiger partial charge on any atom is 0.326 e. The molecule has 1 aromatic carbocycles. The first kappa shape index (κ1) is 17.3. The molecule has 4 rings (SSSR count). The summed E-state index contributed by atoms with van der Waals surface area (Å²) in [6.07, 6.45) is 4.19. The van der Waals surface area contributed by atoms with Crippen LogP contribution in [0, 0.1) is 17.3 Å². The average Bonchev–Trinajstić information content (AvgIpc) is 3.16. The molecule has 0 aromatic heterocycles. The molecule has 2 bridgehead atoms. The Bertz CT molecular complexity index is 752. The van der Waals surface area contributed by atoms with Crippen molar-refractivity contribution < 1.29 is 23.8 Å². The highest BCUT2D eigenvalue weighted by atomic mass is 16.6. The van der Waals surface area contributed by atoms with E-state index in [1.807, 2.05) is 25.1 Å². The van der Waals surface area contributed by atoms with Gasteiger partial charge in [-0.1, -0.05) is 36.4 Å². The zero-order valence-corrected chi connectivity index (χ0v) is 15.4. The van der Waals surface area contributed by atoms with Gasteiger partial charge in [0, 0.05) is 12.3 Å². The van der Waals surface area contributed by atoms with Crippen molar-refractivity contribution in [2.75, 3.05) is 14.2 Å². The number of fused-ring (bicyclic) bond motifs is 5. The Labute approximate surface area is 153 Å². The number of rotatable bonds is 3. The molecule has 138 valence electrons. The van der Waals surface area contributed by atoms with Crippen LogP contribution < -0.4 is 0 Å². The Morgan fingerprint density at radius 3 is 2.38 bits per heavy atom. The van der Waals surface area contributed by atoms with E-state index >= 15 is 0 Å². The minimum absolute atomic E-state index is 0.0897. The van der Waals surface area contributed by atoms with Gasteiger partial charge in [-0.3, -0.25) is 9.59 Å². The highest BCUT2D eigenvalue weighted by molar-refractivity contribution is 6.02. The molecule has 26 heavy (non-hydrogen) atoms. The summed E-state index contributed by atoms with van der Waals surface area (Å²) in [6, 6.07) is 10.3. The van der Waals surface area contributed by atoms with Crippen LogP contribution in [0.2, 0.25) is 0 Å². The van der Waals surface area contributed by atoms with Crippen LogP contribution in [0.5, 0.6) is 0 Å². The van der Waals surface area contributed by atoms with Crippen LogP contribution in [0.25, 0.3) is 5.57 Å². The van der Waals surface area contributed by atoms with E-state index in [1.54, 1.807) is 0 Å². The molecule has 4 atom stereocenters. The van der Waals surface area contributed by atoms with Crippen LogP contribution in [0.1, 0.15) is 31.7 Å². The minimum Gasteiger partial charge on any atom is -0.468 e. The van der Waals surface area contributed by atoms with E-state index in [9.17, 15) is 9.59 Å². The number of hydrogen-bond acceptors (Lipinski definition) is 5. The zero-order chi connectivity index (χ0) is 18.5. The molecule has 2 fully saturated rings. The first-order valence-corrected chi connectivity index (χ1v) is 9.08. The second kappa shape index (κ2) is 5.95. The molecule has 0 spiro atoms. The molecule has 3 aliphatic rings. The van der Waals surface area contributed by atoms with Crippen molar-refractivity contribution in [3.63, 3.8) is 0 Å². The van der Waals surface area contributed by atoms with Gasteiger partial charge in [0.2, 0.25) is 0 Å². The van der Waals surface area contributed by atoms with E-state index in [4.69, 9.17) is 14.2 Å². The Hall–Kier alpha value is -2.14. The van der Waals surface area contributed by atoms with Gasteiger partial charge < -0.3 is 14.2 Å². The van der Waals surface area contributed by atoms with Crippen molar-refractivity contribution in [1.29, 1.82) is 0 Å². The molecule has 2 heterocycles. The van der Waals surface area contributed by atoms with Crippen LogP contribution >= 0.6 is 0 Å². The topological polar surface area (TPSA) is 61.8 Å². The molecule has 0 radical (unpaired) electrons. The number of ether oxygens (including phenoxy) is 3. The van der Waals surface area contributed by atoms with E-state index in [-0.39, 0.29) is 17.9 Å². The van der Waals surface area contributed by atoms with Gasteiger partial charge in [0.05, 0.1) is 25.9 Å². The Morgan fingerprint density at radius 1 is 1.12 bits per heavy atom. The summed E-state index contributed by atoms with van der Waals surface area (Å²) in [5.41, 5.74) is 0.265. The smallest absolute Gasteiger partial charge is 0.326 e. The van der Waals surface area contributed by atoms with Crippen molar-refractivity contribution in [3.05, 3.63) is 42.0 Å². The first-order valence-electron chi connectivity index (χ1n) is 9.08. The second-order valence-corrected chi connectivity index (χ2v) is 7.64. The Kier molecular flexibility index (Phi) is 3.95. The fourth-order valence-corrected chi connectivity index (χ4v) is 5.42. The van der Waals surface area contributed by atoms with Crippen molar-refractivity contribution in [3.8, 4) is 0 Å². The molecular weight excluding hydrogens is 332 g/mol. The standard InChI is InChI=1S/C21H24O5/c1-20-16-10-9-14(13-7-5-4-6-8-13)11-15(16)17(26-20)12-21(20,18(22)24-2)19(23)25-3/h4-8,11,15-17H,9-10,12H2,1-3H3/t15-,16+,17+,20+/m1/s1. The van der Waals surface area contributed by atoms with E-state index < -0.39 is 23.0 Å². The molecule has 2 aliphatic heterocycles. The number of esters is 2. The molecular formula is C21H24O5. The van der Waals surface area contributed by atoms with E-state index in [0.717, 1.165) is 12.8 Å². The Morgan fingerprint density at radius 2 is 1.77 bits per heavy atom. The molecule has 1 aliphatic carbocycles. The van der Waals surface area contributed by atoms with Crippen LogP contribution in [0.4, 0.5) is 0 Å². The van der Waals surface area contributed by atoms with Gasteiger partial charge >= 0.3 is 11.9 Å². The Balaban J connectivity index is 1.72. The SMILES string of the molecule is COC(=O)C1(C(=O)OC)C[C@@H]2O[C@@]1(C)[C@H]1CCC(c3ccccc3)=C[C@@H]21. The molecule has 1 aromatic rings. The molecule has 0 N–H and O–H groups in total. The average molecular weight is 356 g/mol. The van der Waals surface area contributed by atoms with Crippen molar-refractivity contribution in [1.82, 2.24) is 0 Å². The molecule has 2 saturated heterocycles. The summed E-state index contributed by atoms with van der Waals surface area (Å²) in [7, 11) is 2.63. The molecule has 5 nitrogen and oxygen atoms in total. The number of carbonyl (C=O) groups is 2. The highest BCUT2D eigenvalue weighted by Gasteiger charge is 2.76. The first-order chi connectivity index (χ1) is 12.5. The molecule has 0 saturated carbocycles. The fourth-order valence-electron chi connectivity index (χ4n) is 5.42. The number of methoxy groups -OCH3 is 2. The summed E-state index contributed by atoms with van der Waals surface area (Å²) in [5, 5.41) is 0. The third-order valence-electron chi connectivity index (χ3n) is 6.68. The van der Waals surface area contributed by atoms with Gasteiger partial charge in [-0.25, -0.2) is 0 Å². The zero-order valence-electron chi connectivity index (χ0n) is 15.4. The summed E-state index contributed by atoms with van der Waals surface area (Å²) in [5.74, 6) is -0.811. The van der Waals surface area contributed by atoms with Crippen molar-refractivity contribution >= 4 is 17.5 Å². The normalized spacial score (nSPS) is 34.0. The number of hydrogen-bond donors (Lipinski definition) is 0. The fraction of sp³-hybridized carbons (Fsp3) is 0.524. The predicted molar refractivity (Wildman–Crippen MR) is 95.0 cm³/mol. The largest absolute Gasteiger partial charge is 0.468 e. The monoisotopic (exact) mass is 356 g/mol. The summed E-state index contributed by atoms with van der Waals surface area (Å²) < 4.78 is 16.3. The molecule has 5 heteroatoms. The van der Waals surface area contributed by atoms with Gasteiger partial charge in [-0.15, -0.1) is 0 Å². The van der Waals surface area contributed by atoms with Crippen molar-refractivity contribution in [2.45, 2.75) is 37.9 Å². The van der Waals surface area contributed by atoms with Crippen molar-refractivity contribution in [2.24, 2.45) is 17.3 Å².